The summed E-state index contributed by atoms with van der Waals surface area (Å²) in [5.41, 5.74) is -1.72. The van der Waals surface area contributed by atoms with Crippen LogP contribution in [0.4, 0.5) is 0 Å². The molecule has 3 amide bonds. The summed E-state index contributed by atoms with van der Waals surface area (Å²) in [7, 11) is 2.92. The number of aliphatic hydroxyl groups is 1. The molecule has 24 heavy (non-hydrogen) atoms. The van der Waals surface area contributed by atoms with Gasteiger partial charge in [-0.05, 0) is 18.8 Å². The van der Waals surface area contributed by atoms with Crippen LogP contribution in [0.15, 0.2) is 0 Å². The maximum Gasteiger partial charge on any atom is 0.275 e. The van der Waals surface area contributed by atoms with Gasteiger partial charge in [-0.1, -0.05) is 34.6 Å². The summed E-state index contributed by atoms with van der Waals surface area (Å²) in [6, 6.07) is 0. The van der Waals surface area contributed by atoms with Crippen molar-refractivity contribution >= 4 is 17.7 Å². The minimum absolute atomic E-state index is 0.187. The third-order valence-electron chi connectivity index (χ3n) is 3.88. The van der Waals surface area contributed by atoms with Crippen molar-refractivity contribution < 1.29 is 24.7 Å². The molecule has 0 radical (unpaired) electrons. The average molecular weight is 345 g/mol. The molecule has 0 aromatic carbocycles. The molecule has 0 rings (SSSR count). The first-order valence-corrected chi connectivity index (χ1v) is 7.98. The van der Waals surface area contributed by atoms with Gasteiger partial charge in [-0.15, -0.1) is 0 Å². The van der Waals surface area contributed by atoms with E-state index < -0.39 is 34.8 Å². The molecule has 0 saturated carbocycles. The lowest BCUT2D eigenvalue weighted by Crippen LogP contribution is -2.66. The van der Waals surface area contributed by atoms with Crippen molar-refractivity contribution in [2.24, 2.45) is 17.3 Å². The Labute approximate surface area is 143 Å². The van der Waals surface area contributed by atoms with Crippen molar-refractivity contribution in [3.63, 3.8) is 0 Å². The molecule has 0 aliphatic carbocycles. The summed E-state index contributed by atoms with van der Waals surface area (Å²) in [6.45, 7) is 8.68. The second-order valence-corrected chi connectivity index (χ2v) is 7.65. The fraction of sp³-hybridized carbons (Fsp3) is 0.812. The van der Waals surface area contributed by atoms with Crippen LogP contribution < -0.4 is 10.8 Å². The van der Waals surface area contributed by atoms with Gasteiger partial charge in [0.1, 0.15) is 5.92 Å². The Morgan fingerprint density at radius 1 is 1.04 bits per heavy atom. The number of hydroxylamine groups is 1. The van der Waals surface area contributed by atoms with E-state index in [1.54, 1.807) is 20.8 Å². The molecule has 0 aromatic heterocycles. The number of carbonyl (C=O) groups excluding carboxylic acids is 3. The van der Waals surface area contributed by atoms with E-state index in [4.69, 9.17) is 5.21 Å². The number of nitrogens with one attached hydrogen (secondary N) is 2. The van der Waals surface area contributed by atoms with Crippen LogP contribution in [-0.4, -0.2) is 52.8 Å². The molecule has 8 heteroatoms. The number of hydrogen-bond acceptors (Lipinski definition) is 5. The summed E-state index contributed by atoms with van der Waals surface area (Å²) in [6.07, 6.45) is 0.757. The van der Waals surface area contributed by atoms with Gasteiger partial charge in [0.05, 0.1) is 0 Å². The van der Waals surface area contributed by atoms with Crippen molar-refractivity contribution in [3.8, 4) is 0 Å². The smallest absolute Gasteiger partial charge is 0.275 e. The van der Waals surface area contributed by atoms with Crippen molar-refractivity contribution in [2.75, 3.05) is 14.1 Å². The molecule has 0 fully saturated rings. The van der Waals surface area contributed by atoms with E-state index in [2.05, 4.69) is 5.32 Å². The van der Waals surface area contributed by atoms with Crippen LogP contribution >= 0.6 is 0 Å². The first-order valence-electron chi connectivity index (χ1n) is 7.98. The van der Waals surface area contributed by atoms with Crippen LogP contribution in [-0.2, 0) is 14.4 Å². The van der Waals surface area contributed by atoms with Gasteiger partial charge in [0.2, 0.25) is 11.6 Å². The van der Waals surface area contributed by atoms with Gasteiger partial charge in [-0.3, -0.25) is 19.6 Å². The van der Waals surface area contributed by atoms with E-state index >= 15 is 0 Å². The first kappa shape index (κ1) is 22.3. The van der Waals surface area contributed by atoms with Gasteiger partial charge in [0.25, 0.3) is 11.8 Å². The fourth-order valence-corrected chi connectivity index (χ4v) is 2.11. The minimum atomic E-state index is -2.18. The standard InChI is InChI=1S/C16H31N3O5/c1-10(2)8-9-11(13(21)18-24)12(20)17-16(23,15(3,4)5)14(22)19(6)7/h10-11,23-24H,8-9H2,1-7H3,(H,17,20)(H,18,21)/t11-,16+/m0/s1. The highest BCUT2D eigenvalue weighted by Crippen LogP contribution is 2.30. The summed E-state index contributed by atoms with van der Waals surface area (Å²) < 4.78 is 0. The molecule has 0 unspecified atom stereocenters. The van der Waals surface area contributed by atoms with Crippen LogP contribution in [0.5, 0.6) is 0 Å². The normalized spacial score (nSPS) is 15.4. The van der Waals surface area contributed by atoms with Crippen LogP contribution in [0.2, 0.25) is 0 Å². The van der Waals surface area contributed by atoms with Crippen molar-refractivity contribution in [1.82, 2.24) is 15.7 Å². The molecule has 0 saturated heterocycles. The summed E-state index contributed by atoms with van der Waals surface area (Å²) in [5, 5.41) is 22.0. The first-order chi connectivity index (χ1) is 10.8. The number of likely N-dealkylation sites (N-methyl/N-ethyl adjacent to an activating group) is 1. The second-order valence-electron chi connectivity index (χ2n) is 7.65. The van der Waals surface area contributed by atoms with Crippen molar-refractivity contribution in [3.05, 3.63) is 0 Å². The van der Waals surface area contributed by atoms with Gasteiger partial charge in [0.15, 0.2) is 0 Å². The quantitative estimate of drug-likeness (QED) is 0.232. The van der Waals surface area contributed by atoms with Crippen LogP contribution in [0.3, 0.4) is 0 Å². The molecule has 2 atom stereocenters. The number of hydrogen-bond donors (Lipinski definition) is 4. The monoisotopic (exact) mass is 345 g/mol. The number of rotatable bonds is 7. The zero-order valence-corrected chi connectivity index (χ0v) is 15.6. The van der Waals surface area contributed by atoms with E-state index in [9.17, 15) is 19.5 Å². The highest BCUT2D eigenvalue weighted by Gasteiger charge is 2.50. The number of nitrogens with zero attached hydrogens (tertiary/aromatic N) is 1. The van der Waals surface area contributed by atoms with Crippen LogP contribution in [0, 0.1) is 17.3 Å². The summed E-state index contributed by atoms with van der Waals surface area (Å²) in [5.74, 6) is -3.34. The number of carbonyl (C=O) groups is 3. The molecule has 0 aliphatic rings. The Morgan fingerprint density at radius 3 is 1.88 bits per heavy atom. The largest absolute Gasteiger partial charge is 0.363 e. The maximum absolute atomic E-state index is 12.5. The molecular formula is C16H31N3O5. The molecule has 0 heterocycles. The van der Waals surface area contributed by atoms with Gasteiger partial charge in [0, 0.05) is 19.5 Å². The van der Waals surface area contributed by atoms with E-state index in [0.717, 1.165) is 0 Å². The van der Waals surface area contributed by atoms with Gasteiger partial charge in [-0.25, -0.2) is 5.48 Å². The Morgan fingerprint density at radius 2 is 1.54 bits per heavy atom. The molecule has 0 spiro atoms. The van der Waals surface area contributed by atoms with E-state index in [-0.39, 0.29) is 12.3 Å². The van der Waals surface area contributed by atoms with Gasteiger partial charge >= 0.3 is 0 Å². The van der Waals surface area contributed by atoms with E-state index in [1.165, 1.54) is 24.5 Å². The number of amides is 3. The topological polar surface area (TPSA) is 119 Å². The van der Waals surface area contributed by atoms with Gasteiger partial charge in [-0.2, -0.15) is 0 Å². The van der Waals surface area contributed by atoms with Crippen LogP contribution in [0.25, 0.3) is 0 Å². The average Bonchev–Trinajstić information content (AvgIpc) is 2.44. The Hall–Kier alpha value is -1.67. The highest BCUT2D eigenvalue weighted by atomic mass is 16.5. The predicted molar refractivity (Wildman–Crippen MR) is 88.7 cm³/mol. The minimum Gasteiger partial charge on any atom is -0.363 e. The lowest BCUT2D eigenvalue weighted by molar-refractivity contribution is -0.173. The van der Waals surface area contributed by atoms with Crippen molar-refractivity contribution in [1.29, 1.82) is 0 Å². The third kappa shape index (κ3) is 5.45. The molecule has 140 valence electrons. The molecule has 0 aromatic rings. The molecule has 0 aliphatic heterocycles. The molecule has 4 N–H and O–H groups in total. The lowest BCUT2D eigenvalue weighted by Gasteiger charge is -2.41. The zero-order valence-electron chi connectivity index (χ0n) is 15.6. The Balaban J connectivity index is 5.54. The molecule has 0 bridgehead atoms. The molecule has 8 nitrogen and oxygen atoms in total. The van der Waals surface area contributed by atoms with Crippen molar-refractivity contribution in [2.45, 2.75) is 53.2 Å². The van der Waals surface area contributed by atoms with Gasteiger partial charge < -0.3 is 15.3 Å². The molecular weight excluding hydrogens is 314 g/mol. The zero-order chi connectivity index (χ0) is 19.3. The maximum atomic E-state index is 12.5. The predicted octanol–water partition coefficient (Wildman–Crippen LogP) is 0.483. The third-order valence-corrected chi connectivity index (χ3v) is 3.88. The Bertz CT molecular complexity index is 471. The van der Waals surface area contributed by atoms with E-state index in [0.29, 0.717) is 6.42 Å². The van der Waals surface area contributed by atoms with Crippen LogP contribution in [0.1, 0.15) is 47.5 Å². The van der Waals surface area contributed by atoms with E-state index in [1.807, 2.05) is 13.8 Å². The second kappa shape index (κ2) is 8.43. The highest BCUT2D eigenvalue weighted by molar-refractivity contribution is 6.02. The lowest BCUT2D eigenvalue weighted by atomic mass is 9.81. The Kier molecular flexibility index (Phi) is 7.85. The fourth-order valence-electron chi connectivity index (χ4n) is 2.11. The SMILES string of the molecule is CC(C)CC[C@H](C(=O)NO)C(=O)N[C@@](O)(C(=O)N(C)C)C(C)(C)C. The summed E-state index contributed by atoms with van der Waals surface area (Å²) >= 11 is 0. The summed E-state index contributed by atoms with van der Waals surface area (Å²) in [4.78, 5) is 37.9.